The summed E-state index contributed by atoms with van der Waals surface area (Å²) in [4.78, 5) is 10.3. The van der Waals surface area contributed by atoms with E-state index in [-0.39, 0.29) is 6.03 Å². The van der Waals surface area contributed by atoms with E-state index in [9.17, 15) is 4.79 Å². The molecule has 1 aliphatic carbocycles. The fourth-order valence-corrected chi connectivity index (χ4v) is 1.27. The quantitative estimate of drug-likeness (QED) is 0.533. The zero-order valence-electron chi connectivity index (χ0n) is 5.39. The van der Waals surface area contributed by atoms with Gasteiger partial charge in [-0.25, -0.2) is 4.79 Å². The van der Waals surface area contributed by atoms with Gasteiger partial charge < -0.3 is 11.1 Å². The van der Waals surface area contributed by atoms with Crippen LogP contribution in [0.1, 0.15) is 25.7 Å². The zero-order valence-corrected chi connectivity index (χ0v) is 5.39. The van der Waals surface area contributed by atoms with Crippen LogP contribution in [0.25, 0.3) is 0 Å². The van der Waals surface area contributed by atoms with Crippen molar-refractivity contribution >= 4 is 6.03 Å². The summed E-state index contributed by atoms with van der Waals surface area (Å²) in [6.07, 6.45) is 4.65. The standard InChI is InChI=1S/C6H12N2O/c7-6(9)8-5-3-1-2-4-5/h5H,1-4H2,(H3,7,8,9). The molecule has 0 aliphatic heterocycles. The zero-order chi connectivity index (χ0) is 6.69. The highest BCUT2D eigenvalue weighted by Crippen LogP contribution is 2.16. The van der Waals surface area contributed by atoms with Crippen molar-refractivity contribution in [3.05, 3.63) is 0 Å². The van der Waals surface area contributed by atoms with Gasteiger partial charge in [0.25, 0.3) is 0 Å². The number of hydrogen-bond acceptors (Lipinski definition) is 1. The maximum atomic E-state index is 10.3. The van der Waals surface area contributed by atoms with Crippen LogP contribution in [0.5, 0.6) is 0 Å². The van der Waals surface area contributed by atoms with E-state index in [4.69, 9.17) is 5.73 Å². The van der Waals surface area contributed by atoms with Crippen LogP contribution < -0.4 is 11.1 Å². The molecule has 3 heteroatoms. The predicted octanol–water partition coefficient (Wildman–Crippen LogP) is 0.597. The monoisotopic (exact) mass is 128 g/mol. The normalized spacial score (nSPS) is 20.0. The third kappa shape index (κ3) is 1.91. The molecule has 0 atom stereocenters. The Hall–Kier alpha value is -0.730. The first-order valence-electron chi connectivity index (χ1n) is 3.35. The van der Waals surface area contributed by atoms with Gasteiger partial charge in [-0.1, -0.05) is 12.8 Å². The lowest BCUT2D eigenvalue weighted by atomic mass is 10.3. The van der Waals surface area contributed by atoms with Gasteiger partial charge in [0.05, 0.1) is 0 Å². The van der Waals surface area contributed by atoms with E-state index in [0.29, 0.717) is 6.04 Å². The van der Waals surface area contributed by atoms with E-state index in [0.717, 1.165) is 12.8 Å². The first-order chi connectivity index (χ1) is 4.29. The number of rotatable bonds is 1. The summed E-state index contributed by atoms with van der Waals surface area (Å²) in [7, 11) is 0. The Labute approximate surface area is 54.6 Å². The number of amides is 2. The van der Waals surface area contributed by atoms with Gasteiger partial charge in [0, 0.05) is 6.04 Å². The maximum absolute atomic E-state index is 10.3. The lowest BCUT2D eigenvalue weighted by Gasteiger charge is -2.07. The Morgan fingerprint density at radius 1 is 1.44 bits per heavy atom. The summed E-state index contributed by atoms with van der Waals surface area (Å²) in [5.41, 5.74) is 4.92. The van der Waals surface area contributed by atoms with E-state index in [1.54, 1.807) is 0 Å². The second-order valence-corrected chi connectivity index (χ2v) is 2.49. The smallest absolute Gasteiger partial charge is 0.312 e. The third-order valence-corrected chi connectivity index (χ3v) is 1.70. The molecule has 3 nitrogen and oxygen atoms in total. The van der Waals surface area contributed by atoms with Crippen LogP contribution in [0.3, 0.4) is 0 Å². The van der Waals surface area contributed by atoms with Gasteiger partial charge in [0.2, 0.25) is 0 Å². The average molecular weight is 128 g/mol. The Kier molecular flexibility index (Phi) is 1.92. The van der Waals surface area contributed by atoms with Crippen LogP contribution in [-0.2, 0) is 0 Å². The minimum atomic E-state index is -0.387. The Morgan fingerprint density at radius 2 is 2.00 bits per heavy atom. The van der Waals surface area contributed by atoms with Crippen LogP contribution in [0.2, 0.25) is 0 Å². The van der Waals surface area contributed by atoms with Gasteiger partial charge in [-0.05, 0) is 12.8 Å². The molecular weight excluding hydrogens is 116 g/mol. The molecule has 0 saturated heterocycles. The summed E-state index contributed by atoms with van der Waals surface area (Å²) in [5, 5.41) is 2.68. The lowest BCUT2D eigenvalue weighted by Crippen LogP contribution is -2.36. The minimum absolute atomic E-state index is 0.363. The first kappa shape index (κ1) is 6.39. The van der Waals surface area contributed by atoms with Gasteiger partial charge in [0.1, 0.15) is 0 Å². The van der Waals surface area contributed by atoms with Gasteiger partial charge >= 0.3 is 6.03 Å². The molecule has 1 aliphatic rings. The fraction of sp³-hybridized carbons (Fsp3) is 0.833. The molecule has 1 fully saturated rings. The molecule has 0 spiro atoms. The predicted molar refractivity (Wildman–Crippen MR) is 35.0 cm³/mol. The van der Waals surface area contributed by atoms with Gasteiger partial charge in [0.15, 0.2) is 0 Å². The molecule has 2 amide bonds. The minimum Gasteiger partial charge on any atom is -0.352 e. The number of nitrogens with two attached hydrogens (primary N) is 1. The summed E-state index contributed by atoms with van der Waals surface area (Å²) < 4.78 is 0. The fourth-order valence-electron chi connectivity index (χ4n) is 1.27. The van der Waals surface area contributed by atoms with Crippen molar-refractivity contribution < 1.29 is 4.79 Å². The van der Waals surface area contributed by atoms with Gasteiger partial charge in [-0.3, -0.25) is 0 Å². The molecular formula is C6H12N2O. The Morgan fingerprint density at radius 3 is 2.44 bits per heavy atom. The van der Waals surface area contributed by atoms with Crippen molar-refractivity contribution in [2.75, 3.05) is 0 Å². The molecule has 3 N–H and O–H groups in total. The van der Waals surface area contributed by atoms with Gasteiger partial charge in [-0.15, -0.1) is 0 Å². The van der Waals surface area contributed by atoms with E-state index in [1.807, 2.05) is 0 Å². The number of nitrogens with one attached hydrogen (secondary N) is 1. The average Bonchev–Trinajstić information content (AvgIpc) is 2.15. The molecule has 0 aromatic carbocycles. The van der Waals surface area contributed by atoms with Crippen molar-refractivity contribution in [2.24, 2.45) is 5.73 Å². The molecule has 0 bridgehead atoms. The lowest BCUT2D eigenvalue weighted by molar-refractivity contribution is 0.245. The molecule has 9 heavy (non-hydrogen) atoms. The van der Waals surface area contributed by atoms with E-state index < -0.39 is 0 Å². The van der Waals surface area contributed by atoms with Crippen LogP contribution in [-0.4, -0.2) is 12.1 Å². The van der Waals surface area contributed by atoms with Crippen molar-refractivity contribution in [2.45, 2.75) is 31.7 Å². The van der Waals surface area contributed by atoms with Crippen LogP contribution in [0.15, 0.2) is 0 Å². The summed E-state index contributed by atoms with van der Waals surface area (Å²) in [5.74, 6) is 0. The topological polar surface area (TPSA) is 55.1 Å². The molecule has 1 rings (SSSR count). The SMILES string of the molecule is NC(=O)NC1CCCC1. The Bertz CT molecular complexity index is 108. The molecule has 0 aromatic heterocycles. The van der Waals surface area contributed by atoms with Crippen LogP contribution in [0.4, 0.5) is 4.79 Å². The van der Waals surface area contributed by atoms with Crippen molar-refractivity contribution in [1.29, 1.82) is 0 Å². The van der Waals surface area contributed by atoms with Crippen LogP contribution in [0, 0.1) is 0 Å². The van der Waals surface area contributed by atoms with Crippen molar-refractivity contribution in [3.63, 3.8) is 0 Å². The molecule has 0 heterocycles. The highest BCUT2D eigenvalue weighted by atomic mass is 16.2. The summed E-state index contributed by atoms with van der Waals surface area (Å²) >= 11 is 0. The van der Waals surface area contributed by atoms with Crippen molar-refractivity contribution in [3.8, 4) is 0 Å². The molecule has 0 aromatic rings. The highest BCUT2D eigenvalue weighted by Gasteiger charge is 2.14. The molecule has 0 radical (unpaired) electrons. The van der Waals surface area contributed by atoms with Gasteiger partial charge in [-0.2, -0.15) is 0 Å². The maximum Gasteiger partial charge on any atom is 0.312 e. The number of primary amides is 1. The highest BCUT2D eigenvalue weighted by molar-refractivity contribution is 5.71. The first-order valence-corrected chi connectivity index (χ1v) is 3.35. The Balaban J connectivity index is 2.19. The van der Waals surface area contributed by atoms with Crippen LogP contribution >= 0.6 is 0 Å². The number of hydrogen-bond donors (Lipinski definition) is 2. The third-order valence-electron chi connectivity index (χ3n) is 1.70. The van der Waals surface area contributed by atoms with E-state index in [2.05, 4.69) is 5.32 Å². The largest absolute Gasteiger partial charge is 0.352 e. The number of carbonyl (C=O) groups is 1. The number of urea groups is 1. The second kappa shape index (κ2) is 2.71. The molecule has 1 saturated carbocycles. The number of carbonyl (C=O) groups excluding carboxylic acids is 1. The molecule has 52 valence electrons. The van der Waals surface area contributed by atoms with Crippen molar-refractivity contribution in [1.82, 2.24) is 5.32 Å². The summed E-state index contributed by atoms with van der Waals surface area (Å²) in [6.45, 7) is 0. The molecule has 0 unspecified atom stereocenters. The second-order valence-electron chi connectivity index (χ2n) is 2.49. The summed E-state index contributed by atoms with van der Waals surface area (Å²) in [6, 6.07) is -0.0237. The van der Waals surface area contributed by atoms with E-state index in [1.165, 1.54) is 12.8 Å². The van der Waals surface area contributed by atoms with E-state index >= 15 is 0 Å².